The number of amides is 1. The zero-order chi connectivity index (χ0) is 12.7. The molecule has 92 valence electrons. The molecule has 2 atom stereocenters. The molecule has 0 saturated heterocycles. The fourth-order valence-corrected chi connectivity index (χ4v) is 1.72. The summed E-state index contributed by atoms with van der Waals surface area (Å²) >= 11 is 0. The summed E-state index contributed by atoms with van der Waals surface area (Å²) in [6, 6.07) is 2.12. The van der Waals surface area contributed by atoms with Gasteiger partial charge in [-0.1, -0.05) is 13.8 Å². The smallest absolute Gasteiger partial charge is 0.226 e. The number of rotatable bonds is 6. The Hall–Kier alpha value is -1.08. The summed E-state index contributed by atoms with van der Waals surface area (Å²) < 4.78 is 0. The maximum Gasteiger partial charge on any atom is 0.226 e. The van der Waals surface area contributed by atoms with Crippen molar-refractivity contribution < 1.29 is 4.79 Å². The monoisotopic (exact) mass is 225 g/mol. The van der Waals surface area contributed by atoms with Crippen LogP contribution in [0.3, 0.4) is 0 Å². The molecule has 0 aliphatic heterocycles. The van der Waals surface area contributed by atoms with E-state index in [1.54, 1.807) is 11.9 Å². The van der Waals surface area contributed by atoms with E-state index in [1.807, 2.05) is 6.92 Å². The summed E-state index contributed by atoms with van der Waals surface area (Å²) in [5.74, 6) is 0.264. The van der Waals surface area contributed by atoms with Gasteiger partial charge in [-0.05, 0) is 19.3 Å². The highest BCUT2D eigenvalue weighted by molar-refractivity contribution is 5.78. The molecule has 0 radical (unpaired) electrons. The van der Waals surface area contributed by atoms with Crippen LogP contribution < -0.4 is 5.73 Å². The minimum absolute atomic E-state index is 0.0540. The van der Waals surface area contributed by atoms with Crippen LogP contribution in [-0.4, -0.2) is 30.9 Å². The second-order valence-corrected chi connectivity index (χ2v) is 4.81. The summed E-state index contributed by atoms with van der Waals surface area (Å²) in [4.78, 5) is 13.6. The molecule has 0 spiro atoms. The fraction of sp³-hybridized carbons (Fsp3) is 0.833. The van der Waals surface area contributed by atoms with E-state index in [2.05, 4.69) is 19.9 Å². The van der Waals surface area contributed by atoms with Gasteiger partial charge in [0.15, 0.2) is 0 Å². The van der Waals surface area contributed by atoms with E-state index < -0.39 is 0 Å². The molecular weight excluding hydrogens is 202 g/mol. The third kappa shape index (κ3) is 5.13. The number of nitrogens with two attached hydrogens (primary N) is 1. The molecule has 0 aromatic rings. The Labute approximate surface area is 98.4 Å². The van der Waals surface area contributed by atoms with Gasteiger partial charge in [-0.25, -0.2) is 0 Å². The zero-order valence-electron chi connectivity index (χ0n) is 10.7. The largest absolute Gasteiger partial charge is 0.344 e. The van der Waals surface area contributed by atoms with Crippen LogP contribution in [0.15, 0.2) is 0 Å². The Balaban J connectivity index is 4.33. The van der Waals surface area contributed by atoms with E-state index in [9.17, 15) is 4.79 Å². The normalized spacial score (nSPS) is 14.3. The average Bonchev–Trinajstić information content (AvgIpc) is 2.24. The van der Waals surface area contributed by atoms with Crippen molar-refractivity contribution in [3.8, 4) is 6.07 Å². The van der Waals surface area contributed by atoms with Crippen molar-refractivity contribution in [2.24, 2.45) is 23.5 Å². The number of hydrogen-bond acceptors (Lipinski definition) is 3. The van der Waals surface area contributed by atoms with Gasteiger partial charge in [-0.3, -0.25) is 4.79 Å². The number of carbonyl (C=O) groups excluding carboxylic acids is 1. The predicted molar refractivity (Wildman–Crippen MR) is 64.4 cm³/mol. The molecule has 0 bridgehead atoms. The van der Waals surface area contributed by atoms with E-state index in [1.165, 1.54) is 0 Å². The molecule has 0 saturated carbocycles. The van der Waals surface area contributed by atoms with Crippen LogP contribution >= 0.6 is 0 Å². The minimum atomic E-state index is -0.133. The van der Waals surface area contributed by atoms with Crippen LogP contribution in [0.5, 0.6) is 0 Å². The molecule has 1 amide bonds. The van der Waals surface area contributed by atoms with Gasteiger partial charge in [0, 0.05) is 20.1 Å². The molecular formula is C12H23N3O. The highest BCUT2D eigenvalue weighted by Gasteiger charge is 2.22. The van der Waals surface area contributed by atoms with Gasteiger partial charge in [0.05, 0.1) is 17.9 Å². The molecule has 0 heterocycles. The zero-order valence-corrected chi connectivity index (χ0v) is 10.7. The summed E-state index contributed by atoms with van der Waals surface area (Å²) in [6.07, 6.45) is 0.806. The van der Waals surface area contributed by atoms with E-state index >= 15 is 0 Å². The topological polar surface area (TPSA) is 70.1 Å². The lowest BCUT2D eigenvalue weighted by Gasteiger charge is -2.24. The van der Waals surface area contributed by atoms with E-state index in [4.69, 9.17) is 11.0 Å². The summed E-state index contributed by atoms with van der Waals surface area (Å²) in [6.45, 7) is 6.82. The van der Waals surface area contributed by atoms with Crippen molar-refractivity contribution >= 4 is 5.91 Å². The average molecular weight is 225 g/mol. The number of carbonyl (C=O) groups is 1. The van der Waals surface area contributed by atoms with Gasteiger partial charge >= 0.3 is 0 Å². The van der Waals surface area contributed by atoms with Crippen molar-refractivity contribution in [2.75, 3.05) is 20.1 Å². The lowest BCUT2D eigenvalue weighted by molar-refractivity contribution is -0.134. The van der Waals surface area contributed by atoms with Gasteiger partial charge in [-0.2, -0.15) is 5.26 Å². The van der Waals surface area contributed by atoms with Gasteiger partial charge in [-0.15, -0.1) is 0 Å². The third-order valence-electron chi connectivity index (χ3n) is 2.53. The quantitative estimate of drug-likeness (QED) is 0.739. The molecule has 4 heteroatoms. The van der Waals surface area contributed by atoms with Gasteiger partial charge in [0.25, 0.3) is 0 Å². The first-order valence-electron chi connectivity index (χ1n) is 5.77. The van der Waals surface area contributed by atoms with Crippen LogP contribution in [0, 0.1) is 29.1 Å². The molecule has 0 fully saturated rings. The third-order valence-corrected chi connectivity index (χ3v) is 2.53. The first-order chi connectivity index (χ1) is 7.42. The SMILES string of the molecule is CC(C)CC(CN)C(=O)N(C)CC(C)C#N. The van der Waals surface area contributed by atoms with Gasteiger partial charge in [0.1, 0.15) is 0 Å². The molecule has 0 aromatic heterocycles. The molecule has 16 heavy (non-hydrogen) atoms. The summed E-state index contributed by atoms with van der Waals surface area (Å²) in [7, 11) is 1.74. The van der Waals surface area contributed by atoms with Crippen molar-refractivity contribution in [3.05, 3.63) is 0 Å². The fourth-order valence-electron chi connectivity index (χ4n) is 1.72. The number of hydrogen-bond donors (Lipinski definition) is 1. The van der Waals surface area contributed by atoms with Gasteiger partial charge < -0.3 is 10.6 Å². The van der Waals surface area contributed by atoms with Crippen LogP contribution in [0.4, 0.5) is 0 Å². The second kappa shape index (κ2) is 7.24. The molecule has 2 unspecified atom stereocenters. The number of nitriles is 1. The highest BCUT2D eigenvalue weighted by atomic mass is 16.2. The van der Waals surface area contributed by atoms with Crippen LogP contribution in [0.2, 0.25) is 0 Å². The van der Waals surface area contributed by atoms with Crippen LogP contribution in [-0.2, 0) is 4.79 Å². The van der Waals surface area contributed by atoms with Crippen LogP contribution in [0.25, 0.3) is 0 Å². The van der Waals surface area contributed by atoms with Gasteiger partial charge in [0.2, 0.25) is 5.91 Å². The number of nitrogens with zero attached hydrogens (tertiary/aromatic N) is 2. The Bertz CT molecular complexity index is 257. The van der Waals surface area contributed by atoms with Crippen molar-refractivity contribution in [1.82, 2.24) is 4.90 Å². The van der Waals surface area contributed by atoms with Crippen molar-refractivity contribution in [1.29, 1.82) is 5.26 Å². The Kier molecular flexibility index (Phi) is 6.75. The van der Waals surface area contributed by atoms with E-state index in [0.29, 0.717) is 19.0 Å². The maximum atomic E-state index is 12.0. The second-order valence-electron chi connectivity index (χ2n) is 4.81. The standard InChI is InChI=1S/C12H23N3O/c1-9(2)5-11(7-14)12(16)15(4)8-10(3)6-13/h9-11H,5,7-8,14H2,1-4H3. The molecule has 0 aromatic carbocycles. The first-order valence-corrected chi connectivity index (χ1v) is 5.77. The minimum Gasteiger partial charge on any atom is -0.344 e. The van der Waals surface area contributed by atoms with E-state index in [0.717, 1.165) is 6.42 Å². The lowest BCUT2D eigenvalue weighted by atomic mass is 9.95. The molecule has 2 N–H and O–H groups in total. The maximum absolute atomic E-state index is 12.0. The van der Waals surface area contributed by atoms with Crippen LogP contribution in [0.1, 0.15) is 27.2 Å². The van der Waals surface area contributed by atoms with Crippen molar-refractivity contribution in [2.45, 2.75) is 27.2 Å². The van der Waals surface area contributed by atoms with E-state index in [-0.39, 0.29) is 17.7 Å². The summed E-state index contributed by atoms with van der Waals surface area (Å²) in [5, 5.41) is 8.69. The molecule has 0 aliphatic carbocycles. The molecule has 0 aliphatic rings. The summed E-state index contributed by atoms with van der Waals surface area (Å²) in [5.41, 5.74) is 5.61. The van der Waals surface area contributed by atoms with Crippen molar-refractivity contribution in [3.63, 3.8) is 0 Å². The lowest BCUT2D eigenvalue weighted by Crippen LogP contribution is -2.39. The highest BCUT2D eigenvalue weighted by Crippen LogP contribution is 2.13. The Morgan fingerprint density at radius 2 is 2.00 bits per heavy atom. The predicted octanol–water partition coefficient (Wildman–Crippen LogP) is 1.23. The molecule has 0 rings (SSSR count). The first kappa shape index (κ1) is 14.9. The Morgan fingerprint density at radius 3 is 2.38 bits per heavy atom. The molecule has 4 nitrogen and oxygen atoms in total. The Morgan fingerprint density at radius 1 is 1.44 bits per heavy atom.